The van der Waals surface area contributed by atoms with Crippen LogP contribution < -0.4 is 14.4 Å². The Morgan fingerprint density at radius 3 is 2.14 bits per heavy atom. The van der Waals surface area contributed by atoms with E-state index < -0.39 is 28.5 Å². The van der Waals surface area contributed by atoms with Crippen molar-refractivity contribution in [3.05, 3.63) is 88.9 Å². The fourth-order valence-corrected chi connectivity index (χ4v) is 5.99. The van der Waals surface area contributed by atoms with Crippen LogP contribution >= 0.6 is 11.6 Å². The van der Waals surface area contributed by atoms with E-state index in [-0.39, 0.29) is 17.3 Å². The molecule has 1 N–H and O–H groups in total. The molecule has 2 amide bonds. The number of benzene rings is 3. The predicted molar refractivity (Wildman–Crippen MR) is 167 cm³/mol. The van der Waals surface area contributed by atoms with Crippen LogP contribution in [0.15, 0.2) is 77.7 Å². The van der Waals surface area contributed by atoms with E-state index in [1.54, 1.807) is 60.7 Å². The molecule has 0 fully saturated rings. The van der Waals surface area contributed by atoms with E-state index in [2.05, 4.69) is 5.32 Å². The van der Waals surface area contributed by atoms with Gasteiger partial charge in [0.2, 0.25) is 11.8 Å². The third kappa shape index (κ3) is 8.72. The zero-order chi connectivity index (χ0) is 30.7. The predicted octanol–water partition coefficient (Wildman–Crippen LogP) is 5.97. The molecule has 10 heteroatoms. The van der Waals surface area contributed by atoms with E-state index in [9.17, 15) is 18.0 Å². The highest BCUT2D eigenvalue weighted by Gasteiger charge is 2.33. The summed E-state index contributed by atoms with van der Waals surface area (Å²) in [7, 11) is -4.15. The van der Waals surface area contributed by atoms with E-state index in [1.807, 2.05) is 27.7 Å². The topological polar surface area (TPSA) is 96.0 Å². The molecular weight excluding hydrogens is 574 g/mol. The second kappa shape index (κ2) is 15.6. The summed E-state index contributed by atoms with van der Waals surface area (Å²) in [6.07, 6.45) is 2.08. The zero-order valence-corrected chi connectivity index (χ0v) is 26.2. The Kier molecular flexibility index (Phi) is 12.2. The van der Waals surface area contributed by atoms with Gasteiger partial charge in [0.1, 0.15) is 18.3 Å². The number of nitrogens with zero attached hydrogens (tertiary/aromatic N) is 2. The van der Waals surface area contributed by atoms with Gasteiger partial charge in [0, 0.05) is 18.1 Å². The van der Waals surface area contributed by atoms with Crippen molar-refractivity contribution in [2.24, 2.45) is 0 Å². The minimum absolute atomic E-state index is 0.0587. The summed E-state index contributed by atoms with van der Waals surface area (Å²) in [5.74, 6) is -0.200. The molecule has 3 rings (SSSR count). The highest BCUT2D eigenvalue weighted by molar-refractivity contribution is 7.92. The van der Waals surface area contributed by atoms with Crippen LogP contribution in [0.5, 0.6) is 5.75 Å². The summed E-state index contributed by atoms with van der Waals surface area (Å²) in [6.45, 7) is 8.15. The average molecular weight is 614 g/mol. The summed E-state index contributed by atoms with van der Waals surface area (Å²) < 4.78 is 34.6. The molecule has 42 heavy (non-hydrogen) atoms. The molecule has 0 spiro atoms. The van der Waals surface area contributed by atoms with Crippen LogP contribution in [0.25, 0.3) is 0 Å². The normalized spacial score (nSPS) is 11.9. The first-order valence-electron chi connectivity index (χ1n) is 14.2. The standard InChI is InChI=1S/C32H40ClN3O5S/c1-5-8-21-34-32(38)30(6-2)35(22-25-11-13-26(33)14-12-25)31(37)23-36(27-15-17-28(18-16-27)41-7-3)42(39,40)29-19-9-24(4)10-20-29/h9-20,30H,5-8,21-23H2,1-4H3,(H,34,38)/t30-/m1/s1. The van der Waals surface area contributed by atoms with Gasteiger partial charge < -0.3 is 15.0 Å². The molecule has 0 saturated carbocycles. The second-order valence-corrected chi connectivity index (χ2v) is 12.3. The van der Waals surface area contributed by atoms with Crippen molar-refractivity contribution in [3.63, 3.8) is 0 Å². The Balaban J connectivity index is 2.03. The number of aryl methyl sites for hydroxylation is 1. The number of hydrogen-bond donors (Lipinski definition) is 1. The number of anilines is 1. The van der Waals surface area contributed by atoms with Crippen LogP contribution in [0.4, 0.5) is 5.69 Å². The minimum Gasteiger partial charge on any atom is -0.494 e. The monoisotopic (exact) mass is 613 g/mol. The second-order valence-electron chi connectivity index (χ2n) is 9.97. The molecular formula is C32H40ClN3O5S. The van der Waals surface area contributed by atoms with Gasteiger partial charge in [0.25, 0.3) is 10.0 Å². The van der Waals surface area contributed by atoms with Gasteiger partial charge in [-0.3, -0.25) is 13.9 Å². The van der Waals surface area contributed by atoms with Gasteiger partial charge >= 0.3 is 0 Å². The Morgan fingerprint density at radius 2 is 1.57 bits per heavy atom. The number of sulfonamides is 1. The number of carbonyl (C=O) groups excluding carboxylic acids is 2. The number of hydrogen-bond acceptors (Lipinski definition) is 5. The van der Waals surface area contributed by atoms with Crippen LogP contribution in [0, 0.1) is 6.92 Å². The number of ether oxygens (including phenoxy) is 1. The number of nitrogens with one attached hydrogen (secondary N) is 1. The van der Waals surface area contributed by atoms with Gasteiger partial charge in [-0.2, -0.15) is 0 Å². The van der Waals surface area contributed by atoms with E-state index >= 15 is 0 Å². The Bertz CT molecular complexity index is 1410. The highest BCUT2D eigenvalue weighted by Crippen LogP contribution is 2.27. The smallest absolute Gasteiger partial charge is 0.264 e. The summed E-state index contributed by atoms with van der Waals surface area (Å²) >= 11 is 6.08. The maximum Gasteiger partial charge on any atom is 0.264 e. The molecule has 0 aliphatic carbocycles. The van der Waals surface area contributed by atoms with Crippen molar-refractivity contribution in [2.45, 2.75) is 64.4 Å². The van der Waals surface area contributed by atoms with Crippen molar-refractivity contribution < 1.29 is 22.7 Å². The highest BCUT2D eigenvalue weighted by atomic mass is 35.5. The van der Waals surface area contributed by atoms with Crippen molar-refractivity contribution in [1.82, 2.24) is 10.2 Å². The van der Waals surface area contributed by atoms with Crippen molar-refractivity contribution >= 4 is 39.1 Å². The third-order valence-corrected chi connectivity index (χ3v) is 8.85. The van der Waals surface area contributed by atoms with Crippen LogP contribution in [0.1, 0.15) is 51.2 Å². The van der Waals surface area contributed by atoms with Gasteiger partial charge in [0.05, 0.1) is 17.2 Å². The first kappa shape index (κ1) is 32.9. The maximum absolute atomic E-state index is 14.1. The van der Waals surface area contributed by atoms with Gasteiger partial charge in [-0.1, -0.05) is 61.7 Å². The van der Waals surface area contributed by atoms with Crippen LogP contribution in [0.2, 0.25) is 5.02 Å². The fourth-order valence-electron chi connectivity index (χ4n) is 4.45. The molecule has 0 aliphatic rings. The first-order valence-corrected chi connectivity index (χ1v) is 16.1. The molecule has 226 valence electrons. The Morgan fingerprint density at radius 1 is 0.929 bits per heavy atom. The number of unbranched alkanes of at least 4 members (excludes halogenated alkanes) is 1. The van der Waals surface area contributed by atoms with Crippen LogP contribution in [0.3, 0.4) is 0 Å². The Labute approximate surface area is 254 Å². The number of carbonyl (C=O) groups is 2. The summed E-state index contributed by atoms with van der Waals surface area (Å²) in [5.41, 5.74) is 1.98. The molecule has 0 unspecified atom stereocenters. The zero-order valence-electron chi connectivity index (χ0n) is 24.7. The summed E-state index contributed by atoms with van der Waals surface area (Å²) in [6, 6.07) is 19.3. The lowest BCUT2D eigenvalue weighted by Gasteiger charge is -2.33. The van der Waals surface area contributed by atoms with E-state index in [0.29, 0.717) is 36.0 Å². The molecule has 0 saturated heterocycles. The maximum atomic E-state index is 14.1. The van der Waals surface area contributed by atoms with Crippen LogP contribution in [-0.4, -0.2) is 50.9 Å². The van der Waals surface area contributed by atoms with E-state index in [1.165, 1.54) is 17.0 Å². The average Bonchev–Trinajstić information content (AvgIpc) is 2.97. The number of halogens is 1. The van der Waals surface area contributed by atoms with Gasteiger partial charge in [0.15, 0.2) is 0 Å². The molecule has 3 aromatic rings. The lowest BCUT2D eigenvalue weighted by Crippen LogP contribution is -2.52. The minimum atomic E-state index is -4.15. The summed E-state index contributed by atoms with van der Waals surface area (Å²) in [5, 5.41) is 3.48. The fraction of sp³-hybridized carbons (Fsp3) is 0.375. The molecule has 3 aromatic carbocycles. The quantitative estimate of drug-likeness (QED) is 0.213. The molecule has 0 bridgehead atoms. The van der Waals surface area contributed by atoms with Crippen molar-refractivity contribution in [3.8, 4) is 5.75 Å². The van der Waals surface area contributed by atoms with Gasteiger partial charge in [-0.25, -0.2) is 8.42 Å². The van der Waals surface area contributed by atoms with E-state index in [4.69, 9.17) is 16.3 Å². The van der Waals surface area contributed by atoms with Gasteiger partial charge in [-0.15, -0.1) is 0 Å². The molecule has 0 radical (unpaired) electrons. The molecule has 8 nitrogen and oxygen atoms in total. The lowest BCUT2D eigenvalue weighted by atomic mass is 10.1. The summed E-state index contributed by atoms with van der Waals surface area (Å²) in [4.78, 5) is 28.9. The number of amides is 2. The van der Waals surface area contributed by atoms with Crippen molar-refractivity contribution in [2.75, 3.05) is 24.0 Å². The van der Waals surface area contributed by atoms with Crippen molar-refractivity contribution in [1.29, 1.82) is 0 Å². The molecule has 0 aromatic heterocycles. The van der Waals surface area contributed by atoms with E-state index in [0.717, 1.165) is 28.3 Å². The molecule has 0 aliphatic heterocycles. The first-order chi connectivity index (χ1) is 20.1. The Hall–Kier alpha value is -3.56. The van der Waals surface area contributed by atoms with Crippen LogP contribution in [-0.2, 0) is 26.2 Å². The third-order valence-electron chi connectivity index (χ3n) is 6.81. The SMILES string of the molecule is CCCCNC(=O)[C@@H](CC)N(Cc1ccc(Cl)cc1)C(=O)CN(c1ccc(OCC)cc1)S(=O)(=O)c1ccc(C)cc1. The van der Waals surface area contributed by atoms with Gasteiger partial charge in [-0.05, 0) is 80.8 Å². The largest absolute Gasteiger partial charge is 0.494 e. The lowest BCUT2D eigenvalue weighted by molar-refractivity contribution is -0.140. The molecule has 1 atom stereocenters. The molecule has 0 heterocycles. The number of rotatable bonds is 15.